The van der Waals surface area contributed by atoms with Crippen LogP contribution in [-0.4, -0.2) is 30.1 Å². The zero-order chi connectivity index (χ0) is 6.97. The molecule has 1 atom stereocenters. The predicted molar refractivity (Wildman–Crippen MR) is 41.8 cm³/mol. The van der Waals surface area contributed by atoms with Crippen LogP contribution >= 0.6 is 0 Å². The van der Waals surface area contributed by atoms with Crippen molar-refractivity contribution in [2.75, 3.05) is 13.1 Å². The Bertz CT molecular complexity index is 120. The van der Waals surface area contributed by atoms with Gasteiger partial charge in [-0.05, 0) is 32.2 Å². The summed E-state index contributed by atoms with van der Waals surface area (Å²) >= 11 is 0. The number of nitrogens with zero attached hydrogens (tertiary/aromatic N) is 1. The van der Waals surface area contributed by atoms with Gasteiger partial charge in [-0.1, -0.05) is 0 Å². The highest BCUT2D eigenvalue weighted by molar-refractivity contribution is 4.88. The zero-order valence-electron chi connectivity index (χ0n) is 6.42. The minimum Gasteiger partial charge on any atom is -0.327 e. The summed E-state index contributed by atoms with van der Waals surface area (Å²) in [6.45, 7) is 2.46. The van der Waals surface area contributed by atoms with Gasteiger partial charge in [0.1, 0.15) is 0 Å². The Morgan fingerprint density at radius 3 is 2.60 bits per heavy atom. The molecule has 0 aromatic carbocycles. The van der Waals surface area contributed by atoms with Gasteiger partial charge >= 0.3 is 0 Å². The maximum Gasteiger partial charge on any atom is 0.0168 e. The van der Waals surface area contributed by atoms with Crippen molar-refractivity contribution in [1.82, 2.24) is 4.90 Å². The molecule has 0 aromatic heterocycles. The Hall–Kier alpha value is -0.0800. The molecule has 2 fully saturated rings. The molecule has 2 N–H and O–H groups in total. The molecule has 1 heterocycles. The molecule has 1 saturated heterocycles. The van der Waals surface area contributed by atoms with Crippen molar-refractivity contribution < 1.29 is 0 Å². The van der Waals surface area contributed by atoms with E-state index in [1.54, 1.807) is 0 Å². The maximum absolute atomic E-state index is 5.85. The molecule has 58 valence electrons. The van der Waals surface area contributed by atoms with Crippen LogP contribution < -0.4 is 5.73 Å². The maximum atomic E-state index is 5.85. The first kappa shape index (κ1) is 6.62. The van der Waals surface area contributed by atoms with Gasteiger partial charge in [0.2, 0.25) is 0 Å². The third-order valence-electron chi connectivity index (χ3n) is 2.55. The normalized spacial score (nSPS) is 36.3. The van der Waals surface area contributed by atoms with Crippen molar-refractivity contribution in [2.24, 2.45) is 5.73 Å². The average molecular weight is 140 g/mol. The summed E-state index contributed by atoms with van der Waals surface area (Å²) in [5.41, 5.74) is 5.85. The van der Waals surface area contributed by atoms with Gasteiger partial charge in [0.25, 0.3) is 0 Å². The third kappa shape index (κ3) is 1.32. The third-order valence-corrected chi connectivity index (χ3v) is 2.55. The summed E-state index contributed by atoms with van der Waals surface area (Å²) in [6.07, 6.45) is 5.40. The Labute approximate surface area is 62.4 Å². The monoisotopic (exact) mass is 140 g/mol. The van der Waals surface area contributed by atoms with E-state index in [1.807, 2.05) is 0 Å². The van der Waals surface area contributed by atoms with E-state index in [0.717, 1.165) is 12.6 Å². The zero-order valence-corrected chi connectivity index (χ0v) is 6.42. The number of hydrogen-bond donors (Lipinski definition) is 1. The first-order chi connectivity index (χ1) is 4.86. The van der Waals surface area contributed by atoms with Crippen LogP contribution in [0.2, 0.25) is 0 Å². The molecule has 10 heavy (non-hydrogen) atoms. The fraction of sp³-hybridized carbons (Fsp3) is 1.00. The molecule has 0 spiro atoms. The Morgan fingerprint density at radius 1 is 1.20 bits per heavy atom. The minimum atomic E-state index is 0.467. The van der Waals surface area contributed by atoms with Crippen molar-refractivity contribution in [3.8, 4) is 0 Å². The summed E-state index contributed by atoms with van der Waals surface area (Å²) in [4.78, 5) is 2.56. The van der Waals surface area contributed by atoms with E-state index in [9.17, 15) is 0 Å². The Morgan fingerprint density at radius 2 is 2.00 bits per heavy atom. The summed E-state index contributed by atoms with van der Waals surface area (Å²) in [5, 5.41) is 0. The van der Waals surface area contributed by atoms with Gasteiger partial charge in [0.15, 0.2) is 0 Å². The molecule has 2 heteroatoms. The Balaban J connectivity index is 1.84. The summed E-state index contributed by atoms with van der Waals surface area (Å²) in [6, 6.07) is 1.39. The number of hydrogen-bond acceptors (Lipinski definition) is 2. The van der Waals surface area contributed by atoms with Crippen LogP contribution in [0.25, 0.3) is 0 Å². The van der Waals surface area contributed by atoms with Crippen LogP contribution in [0.5, 0.6) is 0 Å². The number of piperidine rings is 1. The van der Waals surface area contributed by atoms with Gasteiger partial charge < -0.3 is 5.73 Å². The van der Waals surface area contributed by atoms with Crippen molar-refractivity contribution in [3.63, 3.8) is 0 Å². The molecule has 1 aliphatic carbocycles. The van der Waals surface area contributed by atoms with Crippen LogP contribution in [0.15, 0.2) is 0 Å². The van der Waals surface area contributed by atoms with Gasteiger partial charge in [-0.15, -0.1) is 0 Å². The number of likely N-dealkylation sites (tertiary alicyclic amines) is 1. The topological polar surface area (TPSA) is 29.3 Å². The summed E-state index contributed by atoms with van der Waals surface area (Å²) in [7, 11) is 0. The van der Waals surface area contributed by atoms with E-state index in [2.05, 4.69) is 4.90 Å². The molecular formula is C8H16N2. The summed E-state index contributed by atoms with van der Waals surface area (Å²) < 4.78 is 0. The SMILES string of the molecule is NC1CCCN(C2CC2)C1. The molecule has 0 amide bonds. The van der Waals surface area contributed by atoms with E-state index < -0.39 is 0 Å². The molecule has 1 aliphatic heterocycles. The number of nitrogens with two attached hydrogens (primary N) is 1. The molecule has 0 aromatic rings. The van der Waals surface area contributed by atoms with Crippen LogP contribution in [0.3, 0.4) is 0 Å². The van der Waals surface area contributed by atoms with E-state index in [4.69, 9.17) is 5.73 Å². The second-order valence-electron chi connectivity index (χ2n) is 3.63. The highest BCUT2D eigenvalue weighted by Gasteiger charge is 2.31. The van der Waals surface area contributed by atoms with Crippen molar-refractivity contribution in [3.05, 3.63) is 0 Å². The lowest BCUT2D eigenvalue weighted by atomic mass is 10.1. The quantitative estimate of drug-likeness (QED) is 0.577. The van der Waals surface area contributed by atoms with Gasteiger partial charge in [-0.2, -0.15) is 0 Å². The average Bonchev–Trinajstić information content (AvgIpc) is 2.68. The molecule has 1 unspecified atom stereocenters. The molecule has 0 bridgehead atoms. The summed E-state index contributed by atoms with van der Waals surface area (Å²) in [5.74, 6) is 0. The fourth-order valence-corrected chi connectivity index (χ4v) is 1.81. The van der Waals surface area contributed by atoms with E-state index in [1.165, 1.54) is 32.2 Å². The van der Waals surface area contributed by atoms with Crippen LogP contribution in [0.4, 0.5) is 0 Å². The Kier molecular flexibility index (Phi) is 1.66. The van der Waals surface area contributed by atoms with Crippen molar-refractivity contribution in [1.29, 1.82) is 0 Å². The largest absolute Gasteiger partial charge is 0.327 e. The van der Waals surface area contributed by atoms with E-state index in [0.29, 0.717) is 6.04 Å². The lowest BCUT2D eigenvalue weighted by Crippen LogP contribution is -2.43. The van der Waals surface area contributed by atoms with Gasteiger partial charge in [-0.3, -0.25) is 4.90 Å². The highest BCUT2D eigenvalue weighted by atomic mass is 15.2. The van der Waals surface area contributed by atoms with E-state index >= 15 is 0 Å². The number of rotatable bonds is 1. The molecule has 2 nitrogen and oxygen atoms in total. The highest BCUT2D eigenvalue weighted by Crippen LogP contribution is 2.28. The van der Waals surface area contributed by atoms with Gasteiger partial charge in [-0.25, -0.2) is 0 Å². The molecular weight excluding hydrogens is 124 g/mol. The van der Waals surface area contributed by atoms with Crippen molar-refractivity contribution >= 4 is 0 Å². The van der Waals surface area contributed by atoms with Gasteiger partial charge in [0.05, 0.1) is 0 Å². The first-order valence-electron chi connectivity index (χ1n) is 4.36. The van der Waals surface area contributed by atoms with Gasteiger partial charge in [0, 0.05) is 18.6 Å². The van der Waals surface area contributed by atoms with E-state index in [-0.39, 0.29) is 0 Å². The van der Waals surface area contributed by atoms with Crippen LogP contribution in [-0.2, 0) is 0 Å². The second-order valence-corrected chi connectivity index (χ2v) is 3.63. The second kappa shape index (κ2) is 2.51. The molecule has 0 radical (unpaired) electrons. The standard InChI is InChI=1S/C8H16N2/c9-7-2-1-5-10(6-7)8-3-4-8/h7-8H,1-6,9H2. The fourth-order valence-electron chi connectivity index (χ4n) is 1.81. The van der Waals surface area contributed by atoms with Crippen molar-refractivity contribution in [2.45, 2.75) is 37.8 Å². The predicted octanol–water partition coefficient (Wildman–Crippen LogP) is 0.572. The molecule has 2 rings (SSSR count). The molecule has 2 aliphatic rings. The lowest BCUT2D eigenvalue weighted by molar-refractivity contribution is 0.200. The van der Waals surface area contributed by atoms with Crippen LogP contribution in [0, 0.1) is 0 Å². The smallest absolute Gasteiger partial charge is 0.0168 e. The first-order valence-corrected chi connectivity index (χ1v) is 4.36. The molecule has 1 saturated carbocycles. The lowest BCUT2D eigenvalue weighted by Gasteiger charge is -2.30. The van der Waals surface area contributed by atoms with Crippen LogP contribution in [0.1, 0.15) is 25.7 Å². The minimum absolute atomic E-state index is 0.467.